The van der Waals surface area contributed by atoms with E-state index in [9.17, 15) is 9.18 Å². The highest BCUT2D eigenvalue weighted by Gasteiger charge is 2.22. The number of carbonyl (C=O) groups excluding carboxylic acids is 1. The van der Waals surface area contributed by atoms with E-state index in [2.05, 4.69) is 9.97 Å². The van der Waals surface area contributed by atoms with Crippen LogP contribution in [-0.4, -0.2) is 27.8 Å². The fourth-order valence-corrected chi connectivity index (χ4v) is 3.09. The van der Waals surface area contributed by atoms with Gasteiger partial charge in [0.1, 0.15) is 11.3 Å². The summed E-state index contributed by atoms with van der Waals surface area (Å²) in [4.78, 5) is 22.3. The van der Waals surface area contributed by atoms with Gasteiger partial charge in [0.15, 0.2) is 0 Å². The van der Waals surface area contributed by atoms with Gasteiger partial charge in [0.05, 0.1) is 23.4 Å². The molecule has 1 atom stereocenters. The van der Waals surface area contributed by atoms with Crippen molar-refractivity contribution in [2.75, 3.05) is 7.05 Å². The number of nitrogens with one attached hydrogen (secondary N) is 1. The van der Waals surface area contributed by atoms with Gasteiger partial charge in [0.2, 0.25) is 0 Å². The summed E-state index contributed by atoms with van der Waals surface area (Å²) in [5, 5.41) is 1.97. The molecule has 1 aromatic carbocycles. The number of hydrogen-bond donors (Lipinski definition) is 1. The second-order valence-corrected chi connectivity index (χ2v) is 5.84. The Labute approximate surface area is 125 Å². The van der Waals surface area contributed by atoms with E-state index in [0.717, 1.165) is 4.88 Å². The zero-order valence-corrected chi connectivity index (χ0v) is 12.4. The van der Waals surface area contributed by atoms with Crippen LogP contribution in [0.15, 0.2) is 36.0 Å². The van der Waals surface area contributed by atoms with Crippen LogP contribution in [0, 0.1) is 5.82 Å². The van der Waals surface area contributed by atoms with E-state index in [1.807, 2.05) is 24.4 Å². The van der Waals surface area contributed by atoms with Crippen molar-refractivity contribution in [3.63, 3.8) is 0 Å². The van der Waals surface area contributed by atoms with E-state index in [1.165, 1.54) is 18.5 Å². The van der Waals surface area contributed by atoms with Crippen LogP contribution in [0.4, 0.5) is 4.39 Å². The van der Waals surface area contributed by atoms with Gasteiger partial charge < -0.3 is 9.88 Å². The Hall–Kier alpha value is -2.21. The Morgan fingerprint density at radius 2 is 2.29 bits per heavy atom. The Morgan fingerprint density at radius 1 is 1.48 bits per heavy atom. The molecule has 0 saturated heterocycles. The number of halogens is 1. The summed E-state index contributed by atoms with van der Waals surface area (Å²) in [6, 6.07) is 6.43. The molecule has 0 bridgehead atoms. The number of carbonyl (C=O) groups is 1. The third-order valence-corrected chi connectivity index (χ3v) is 4.62. The third kappa shape index (κ3) is 2.42. The quantitative estimate of drug-likeness (QED) is 0.803. The normalized spacial score (nSPS) is 12.5. The van der Waals surface area contributed by atoms with Gasteiger partial charge in [-0.15, -0.1) is 11.3 Å². The third-order valence-electron chi connectivity index (χ3n) is 3.58. The van der Waals surface area contributed by atoms with Crippen molar-refractivity contribution in [3.8, 4) is 0 Å². The molecule has 0 radical (unpaired) electrons. The summed E-state index contributed by atoms with van der Waals surface area (Å²) in [5.74, 6) is -0.695. The van der Waals surface area contributed by atoms with Gasteiger partial charge in [-0.3, -0.25) is 4.79 Å². The molecule has 0 aliphatic carbocycles. The number of thiophene rings is 1. The lowest BCUT2D eigenvalue weighted by Crippen LogP contribution is -2.29. The highest BCUT2D eigenvalue weighted by atomic mass is 32.1. The molecule has 0 spiro atoms. The lowest BCUT2D eigenvalue weighted by atomic mass is 10.1. The smallest absolute Gasteiger partial charge is 0.256 e. The standard InChI is InChI=1S/C15H14FN3OS/c1-9(13-4-3-5-21-13)19(2)15(20)11-6-10(16)7-12-14(11)18-8-17-12/h3-9H,1-2H3,(H,17,18). The van der Waals surface area contributed by atoms with E-state index in [4.69, 9.17) is 0 Å². The first-order valence-electron chi connectivity index (χ1n) is 6.51. The van der Waals surface area contributed by atoms with Crippen LogP contribution < -0.4 is 0 Å². The van der Waals surface area contributed by atoms with E-state index < -0.39 is 5.82 Å². The molecular formula is C15H14FN3OS. The number of imidazole rings is 1. The topological polar surface area (TPSA) is 49.0 Å². The molecule has 3 aromatic rings. The predicted molar refractivity (Wildman–Crippen MR) is 80.9 cm³/mol. The first-order valence-corrected chi connectivity index (χ1v) is 7.39. The number of nitrogens with zero attached hydrogens (tertiary/aromatic N) is 2. The zero-order chi connectivity index (χ0) is 15.0. The molecule has 2 aromatic heterocycles. The van der Waals surface area contributed by atoms with Gasteiger partial charge in [0, 0.05) is 11.9 Å². The Kier molecular flexibility index (Phi) is 3.47. The average Bonchev–Trinajstić information content (AvgIpc) is 3.14. The Balaban J connectivity index is 1.98. The minimum absolute atomic E-state index is 0.0743. The Bertz CT molecular complexity index is 781. The van der Waals surface area contributed by atoms with Crippen LogP contribution in [0.5, 0.6) is 0 Å². The number of hydrogen-bond acceptors (Lipinski definition) is 3. The van der Waals surface area contributed by atoms with Gasteiger partial charge in [0.25, 0.3) is 5.91 Å². The van der Waals surface area contributed by atoms with Crippen LogP contribution in [0.1, 0.15) is 28.2 Å². The van der Waals surface area contributed by atoms with Crippen molar-refractivity contribution in [3.05, 3.63) is 52.2 Å². The van der Waals surface area contributed by atoms with E-state index >= 15 is 0 Å². The molecule has 1 N–H and O–H groups in total. The molecule has 2 heterocycles. The fraction of sp³-hybridized carbons (Fsp3) is 0.200. The van der Waals surface area contributed by atoms with Crippen molar-refractivity contribution in [2.45, 2.75) is 13.0 Å². The lowest BCUT2D eigenvalue weighted by Gasteiger charge is -2.24. The molecule has 0 saturated carbocycles. The number of amides is 1. The zero-order valence-electron chi connectivity index (χ0n) is 11.6. The van der Waals surface area contributed by atoms with Gasteiger partial charge in [-0.2, -0.15) is 0 Å². The van der Waals surface area contributed by atoms with Gasteiger partial charge in [-0.25, -0.2) is 9.37 Å². The minimum atomic E-state index is -0.452. The SMILES string of the molecule is CC(c1cccs1)N(C)C(=O)c1cc(F)cc2[nH]cnc12. The van der Waals surface area contributed by atoms with E-state index in [0.29, 0.717) is 11.0 Å². The Morgan fingerprint density at radius 3 is 3.00 bits per heavy atom. The molecule has 108 valence electrons. The lowest BCUT2D eigenvalue weighted by molar-refractivity contribution is 0.0746. The molecule has 0 aliphatic heterocycles. The average molecular weight is 303 g/mol. The molecular weight excluding hydrogens is 289 g/mol. The fourth-order valence-electron chi connectivity index (χ4n) is 2.26. The summed E-state index contributed by atoms with van der Waals surface area (Å²) in [7, 11) is 1.72. The molecule has 4 nitrogen and oxygen atoms in total. The van der Waals surface area contributed by atoms with E-state index in [-0.39, 0.29) is 17.5 Å². The first kappa shape index (κ1) is 13.8. The summed E-state index contributed by atoms with van der Waals surface area (Å²) >= 11 is 1.59. The largest absolute Gasteiger partial charge is 0.344 e. The van der Waals surface area contributed by atoms with Crippen LogP contribution in [-0.2, 0) is 0 Å². The second-order valence-electron chi connectivity index (χ2n) is 4.86. The number of fused-ring (bicyclic) bond motifs is 1. The second kappa shape index (κ2) is 5.29. The maximum Gasteiger partial charge on any atom is 0.256 e. The maximum absolute atomic E-state index is 13.7. The highest BCUT2D eigenvalue weighted by Crippen LogP contribution is 2.26. The summed E-state index contributed by atoms with van der Waals surface area (Å²) in [6.45, 7) is 1.95. The van der Waals surface area contributed by atoms with Gasteiger partial charge in [-0.05, 0) is 30.5 Å². The number of benzene rings is 1. The van der Waals surface area contributed by atoms with Crippen molar-refractivity contribution in [1.29, 1.82) is 0 Å². The van der Waals surface area contributed by atoms with Crippen LogP contribution in [0.25, 0.3) is 11.0 Å². The predicted octanol–water partition coefficient (Wildman–Crippen LogP) is 3.60. The molecule has 0 aliphatic rings. The minimum Gasteiger partial charge on any atom is -0.344 e. The van der Waals surface area contributed by atoms with Crippen LogP contribution in [0.3, 0.4) is 0 Å². The monoisotopic (exact) mass is 303 g/mol. The number of aromatic nitrogens is 2. The van der Waals surface area contributed by atoms with Gasteiger partial charge >= 0.3 is 0 Å². The van der Waals surface area contributed by atoms with Crippen molar-refractivity contribution in [2.24, 2.45) is 0 Å². The summed E-state index contributed by atoms with van der Waals surface area (Å²) in [5.41, 5.74) is 1.29. The maximum atomic E-state index is 13.7. The molecule has 6 heteroatoms. The van der Waals surface area contributed by atoms with Crippen LogP contribution >= 0.6 is 11.3 Å². The molecule has 1 unspecified atom stereocenters. The summed E-state index contributed by atoms with van der Waals surface area (Å²) < 4.78 is 13.7. The molecule has 3 rings (SSSR count). The highest BCUT2D eigenvalue weighted by molar-refractivity contribution is 7.10. The van der Waals surface area contributed by atoms with Gasteiger partial charge in [-0.1, -0.05) is 6.07 Å². The summed E-state index contributed by atoms with van der Waals surface area (Å²) in [6.07, 6.45) is 1.46. The van der Waals surface area contributed by atoms with Crippen LogP contribution in [0.2, 0.25) is 0 Å². The number of rotatable bonds is 3. The molecule has 0 fully saturated rings. The number of H-pyrrole nitrogens is 1. The van der Waals surface area contributed by atoms with E-state index in [1.54, 1.807) is 23.3 Å². The first-order chi connectivity index (χ1) is 10.1. The molecule has 21 heavy (non-hydrogen) atoms. The number of aromatic amines is 1. The van der Waals surface area contributed by atoms with Crippen molar-refractivity contribution in [1.82, 2.24) is 14.9 Å². The van der Waals surface area contributed by atoms with Crippen molar-refractivity contribution >= 4 is 28.3 Å². The molecule has 1 amide bonds. The van der Waals surface area contributed by atoms with Crippen molar-refractivity contribution < 1.29 is 9.18 Å².